The zero-order chi connectivity index (χ0) is 13.5. The normalized spacial score (nSPS) is 23.2. The summed E-state index contributed by atoms with van der Waals surface area (Å²) in [7, 11) is 0. The number of benzene rings is 1. The molecule has 0 aromatic heterocycles. The molecule has 2 fully saturated rings. The summed E-state index contributed by atoms with van der Waals surface area (Å²) < 4.78 is 0.954. The molecule has 1 aliphatic heterocycles. The van der Waals surface area contributed by atoms with Crippen molar-refractivity contribution >= 4 is 21.9 Å². The summed E-state index contributed by atoms with van der Waals surface area (Å²) >= 11 is 3.44. The lowest BCUT2D eigenvalue weighted by molar-refractivity contribution is -0.146. The third-order valence-electron chi connectivity index (χ3n) is 4.50. The number of nitrogens with zero attached hydrogens (tertiary/aromatic N) is 1. The van der Waals surface area contributed by atoms with E-state index < -0.39 is 11.4 Å². The first-order chi connectivity index (χ1) is 9.12. The first kappa shape index (κ1) is 13.1. The van der Waals surface area contributed by atoms with Gasteiger partial charge in [0.25, 0.3) is 0 Å². The van der Waals surface area contributed by atoms with Crippen LogP contribution in [0.15, 0.2) is 28.7 Å². The van der Waals surface area contributed by atoms with Crippen LogP contribution in [0.1, 0.15) is 31.2 Å². The molecule has 3 nitrogen and oxygen atoms in total. The molecule has 0 atom stereocenters. The summed E-state index contributed by atoms with van der Waals surface area (Å²) in [6, 6.07) is 8.51. The van der Waals surface area contributed by atoms with Crippen molar-refractivity contribution in [2.24, 2.45) is 0 Å². The average Bonchev–Trinajstić information content (AvgIpc) is 3.23. The summed E-state index contributed by atoms with van der Waals surface area (Å²) in [5, 5.41) is 9.74. The molecule has 2 aliphatic rings. The Hall–Kier alpha value is -0.870. The van der Waals surface area contributed by atoms with Crippen LogP contribution in [0.4, 0.5) is 0 Å². The summed E-state index contributed by atoms with van der Waals surface area (Å²) in [6.07, 6.45) is 4.01. The maximum Gasteiger partial charge on any atom is 0.314 e. The van der Waals surface area contributed by atoms with E-state index in [0.29, 0.717) is 0 Å². The minimum absolute atomic E-state index is 0.680. The van der Waals surface area contributed by atoms with Gasteiger partial charge in [-0.05, 0) is 56.5 Å². The maximum atomic E-state index is 11.8. The lowest BCUT2D eigenvalue weighted by Gasteiger charge is -2.39. The molecule has 102 valence electrons. The molecule has 1 heterocycles. The lowest BCUT2D eigenvalue weighted by Crippen LogP contribution is -2.47. The molecule has 1 saturated heterocycles. The van der Waals surface area contributed by atoms with E-state index in [4.69, 9.17) is 0 Å². The van der Waals surface area contributed by atoms with Crippen LogP contribution in [0.25, 0.3) is 0 Å². The second kappa shape index (κ2) is 4.91. The van der Waals surface area contributed by atoms with Crippen molar-refractivity contribution in [3.63, 3.8) is 0 Å². The number of rotatable bonds is 3. The van der Waals surface area contributed by atoms with Crippen LogP contribution in [-0.2, 0) is 10.2 Å². The minimum atomic E-state index is -0.699. The van der Waals surface area contributed by atoms with Gasteiger partial charge < -0.3 is 10.0 Å². The summed E-state index contributed by atoms with van der Waals surface area (Å²) in [5.41, 5.74) is 0.236. The standard InChI is InChI=1S/C15H18BrNO2/c16-12-3-1-2-11(10-12)15(14(18)19)6-8-17(9-7-15)13-4-5-13/h1-3,10,13H,4-9H2,(H,18,19). The quantitative estimate of drug-likeness (QED) is 0.929. The van der Waals surface area contributed by atoms with Gasteiger partial charge in [0.05, 0.1) is 5.41 Å². The zero-order valence-corrected chi connectivity index (χ0v) is 12.4. The van der Waals surface area contributed by atoms with E-state index >= 15 is 0 Å². The number of piperidine rings is 1. The summed E-state index contributed by atoms with van der Waals surface area (Å²) in [5.74, 6) is -0.680. The van der Waals surface area contributed by atoms with E-state index in [1.165, 1.54) is 12.8 Å². The fourth-order valence-corrected chi connectivity index (χ4v) is 3.52. The van der Waals surface area contributed by atoms with Crippen molar-refractivity contribution in [1.82, 2.24) is 4.90 Å². The van der Waals surface area contributed by atoms with Crippen LogP contribution in [0, 0.1) is 0 Å². The topological polar surface area (TPSA) is 40.5 Å². The van der Waals surface area contributed by atoms with Crippen molar-refractivity contribution in [3.05, 3.63) is 34.3 Å². The third kappa shape index (κ3) is 2.43. The van der Waals surface area contributed by atoms with Crippen LogP contribution in [-0.4, -0.2) is 35.1 Å². The molecule has 1 aliphatic carbocycles. The Morgan fingerprint density at radius 2 is 2.00 bits per heavy atom. The Labute approximate surface area is 121 Å². The number of carboxylic acids is 1. The van der Waals surface area contributed by atoms with Crippen LogP contribution < -0.4 is 0 Å². The first-order valence-electron chi connectivity index (χ1n) is 6.85. The second-order valence-electron chi connectivity index (χ2n) is 5.66. The van der Waals surface area contributed by atoms with Crippen molar-refractivity contribution < 1.29 is 9.90 Å². The predicted octanol–water partition coefficient (Wildman–Crippen LogP) is 3.03. The number of hydrogen-bond donors (Lipinski definition) is 1. The number of carbonyl (C=O) groups is 1. The van der Waals surface area contributed by atoms with E-state index in [0.717, 1.165) is 42.0 Å². The van der Waals surface area contributed by atoms with Gasteiger partial charge in [-0.3, -0.25) is 4.79 Å². The molecule has 1 saturated carbocycles. The Morgan fingerprint density at radius 3 is 2.53 bits per heavy atom. The number of carboxylic acid groups (broad SMARTS) is 1. The SMILES string of the molecule is O=C(O)C1(c2cccc(Br)c2)CCN(C2CC2)CC1. The van der Waals surface area contributed by atoms with Crippen LogP contribution in [0.2, 0.25) is 0 Å². The Balaban J connectivity index is 1.86. The maximum absolute atomic E-state index is 11.8. The monoisotopic (exact) mass is 323 g/mol. The smallest absolute Gasteiger partial charge is 0.314 e. The van der Waals surface area contributed by atoms with Crippen molar-refractivity contribution in [2.75, 3.05) is 13.1 Å². The fraction of sp³-hybridized carbons (Fsp3) is 0.533. The highest BCUT2D eigenvalue weighted by Crippen LogP contribution is 2.40. The van der Waals surface area contributed by atoms with E-state index in [-0.39, 0.29) is 0 Å². The minimum Gasteiger partial charge on any atom is -0.481 e. The third-order valence-corrected chi connectivity index (χ3v) is 4.99. The molecule has 0 bridgehead atoms. The Bertz CT molecular complexity index is 491. The van der Waals surface area contributed by atoms with Gasteiger partial charge in [0, 0.05) is 10.5 Å². The highest BCUT2D eigenvalue weighted by Gasteiger charge is 2.45. The highest BCUT2D eigenvalue weighted by molar-refractivity contribution is 9.10. The van der Waals surface area contributed by atoms with Gasteiger partial charge in [0.1, 0.15) is 0 Å². The molecule has 19 heavy (non-hydrogen) atoms. The molecule has 0 amide bonds. The fourth-order valence-electron chi connectivity index (χ4n) is 3.12. The van der Waals surface area contributed by atoms with Gasteiger partial charge in [-0.15, -0.1) is 0 Å². The molecule has 1 aromatic carbocycles. The number of halogens is 1. The van der Waals surface area contributed by atoms with Crippen molar-refractivity contribution in [1.29, 1.82) is 0 Å². The van der Waals surface area contributed by atoms with E-state index in [1.807, 2.05) is 24.3 Å². The Kier molecular flexibility index (Phi) is 3.39. The molecule has 1 N–H and O–H groups in total. The molecule has 0 unspecified atom stereocenters. The predicted molar refractivity (Wildman–Crippen MR) is 77.3 cm³/mol. The van der Waals surface area contributed by atoms with Gasteiger partial charge in [-0.2, -0.15) is 0 Å². The van der Waals surface area contributed by atoms with Crippen LogP contribution in [0.3, 0.4) is 0 Å². The molecule has 1 aromatic rings. The van der Waals surface area contributed by atoms with Gasteiger partial charge in [-0.25, -0.2) is 0 Å². The largest absolute Gasteiger partial charge is 0.481 e. The molecule has 4 heteroatoms. The van der Waals surface area contributed by atoms with E-state index in [1.54, 1.807) is 0 Å². The molecular formula is C15H18BrNO2. The van der Waals surface area contributed by atoms with Crippen molar-refractivity contribution in [2.45, 2.75) is 37.1 Å². The molecule has 0 spiro atoms. The highest BCUT2D eigenvalue weighted by atomic mass is 79.9. The zero-order valence-electron chi connectivity index (χ0n) is 10.8. The Morgan fingerprint density at radius 1 is 1.32 bits per heavy atom. The second-order valence-corrected chi connectivity index (χ2v) is 6.58. The molecule has 3 rings (SSSR count). The van der Waals surface area contributed by atoms with Gasteiger partial charge in [-0.1, -0.05) is 28.1 Å². The number of hydrogen-bond acceptors (Lipinski definition) is 2. The number of aliphatic carboxylic acids is 1. The van der Waals surface area contributed by atoms with E-state index in [2.05, 4.69) is 20.8 Å². The summed E-state index contributed by atoms with van der Waals surface area (Å²) in [6.45, 7) is 1.81. The molecular weight excluding hydrogens is 306 g/mol. The van der Waals surface area contributed by atoms with Gasteiger partial charge in [0.2, 0.25) is 0 Å². The van der Waals surface area contributed by atoms with E-state index in [9.17, 15) is 9.90 Å². The first-order valence-corrected chi connectivity index (χ1v) is 7.65. The summed E-state index contributed by atoms with van der Waals surface area (Å²) in [4.78, 5) is 14.3. The van der Waals surface area contributed by atoms with Crippen molar-refractivity contribution in [3.8, 4) is 0 Å². The van der Waals surface area contributed by atoms with Gasteiger partial charge >= 0.3 is 5.97 Å². The number of likely N-dealkylation sites (tertiary alicyclic amines) is 1. The van der Waals surface area contributed by atoms with Crippen LogP contribution >= 0.6 is 15.9 Å². The average molecular weight is 324 g/mol. The van der Waals surface area contributed by atoms with Crippen LogP contribution in [0.5, 0.6) is 0 Å². The van der Waals surface area contributed by atoms with Gasteiger partial charge in [0.15, 0.2) is 0 Å². The lowest BCUT2D eigenvalue weighted by atomic mass is 9.73. The molecule has 0 radical (unpaired) electrons.